The maximum Gasteiger partial charge on any atom is 0.416 e. The van der Waals surface area contributed by atoms with Crippen LogP contribution in [0, 0.1) is 0 Å². The average Bonchev–Trinajstić information content (AvgIpc) is 3.26. The number of fused-ring (bicyclic) bond motifs is 5. The molecule has 3 aliphatic heterocycles. The van der Waals surface area contributed by atoms with Crippen LogP contribution in [0.2, 0.25) is 0 Å². The van der Waals surface area contributed by atoms with E-state index >= 15 is 0 Å². The molecule has 1 aromatic rings. The standard InChI is InChI=1S/C16H16F3N3O4S/c1-2-27(25,26)20-8-11-7-12(20)13-14(23)22(15(24)21(11)13)10-5-3-4-9(6-10)16(17,18)19/h3-6,11-13H,2,7-8H2,1H3/t11-,12-,13+/m0/s1. The SMILES string of the molecule is CCS(=O)(=O)N1C[C@@H]2C[C@H]1[C@@H]1C(=O)N(c3cccc(C(F)(F)F)c3)C(=O)N21. The number of carbonyl (C=O) groups is 2. The number of amides is 3. The zero-order valence-electron chi connectivity index (χ0n) is 14.2. The number of sulfonamides is 1. The van der Waals surface area contributed by atoms with Crippen LogP contribution >= 0.6 is 0 Å². The molecule has 3 aliphatic rings. The Labute approximate surface area is 153 Å². The largest absolute Gasteiger partial charge is 0.416 e. The molecule has 1 aromatic carbocycles. The molecule has 0 unspecified atom stereocenters. The fourth-order valence-electron chi connectivity index (χ4n) is 4.16. The number of alkyl halides is 3. The van der Waals surface area contributed by atoms with Crippen molar-refractivity contribution in [3.05, 3.63) is 29.8 Å². The first kappa shape index (κ1) is 18.2. The third-order valence-corrected chi connectivity index (χ3v) is 7.24. The second kappa shape index (κ2) is 5.68. The maximum absolute atomic E-state index is 13.0. The molecule has 0 N–H and O–H groups in total. The molecule has 0 aromatic heterocycles. The minimum atomic E-state index is -4.61. The minimum Gasteiger partial charge on any atom is -0.306 e. The number of urea groups is 1. The molecule has 3 heterocycles. The van der Waals surface area contributed by atoms with Gasteiger partial charge in [0.15, 0.2) is 0 Å². The molecule has 0 aliphatic carbocycles. The quantitative estimate of drug-likeness (QED) is 0.719. The normalized spacial score (nSPS) is 28.4. The van der Waals surface area contributed by atoms with Gasteiger partial charge < -0.3 is 4.90 Å². The Bertz CT molecular complexity index is 933. The summed E-state index contributed by atoms with van der Waals surface area (Å²) >= 11 is 0. The summed E-state index contributed by atoms with van der Waals surface area (Å²) in [4.78, 5) is 27.7. The van der Waals surface area contributed by atoms with Crippen molar-refractivity contribution in [2.45, 2.75) is 37.6 Å². The van der Waals surface area contributed by atoms with Gasteiger partial charge in [-0.1, -0.05) is 6.07 Å². The van der Waals surface area contributed by atoms with Crippen LogP contribution in [0.25, 0.3) is 0 Å². The third-order valence-electron chi connectivity index (χ3n) is 5.37. The van der Waals surface area contributed by atoms with Crippen molar-refractivity contribution in [1.82, 2.24) is 9.21 Å². The fourth-order valence-corrected chi connectivity index (χ4v) is 5.50. The van der Waals surface area contributed by atoms with Gasteiger partial charge in [0.25, 0.3) is 5.91 Å². The van der Waals surface area contributed by atoms with Gasteiger partial charge in [-0.2, -0.15) is 17.5 Å². The number of carbonyl (C=O) groups excluding carboxylic acids is 2. The number of imide groups is 1. The first-order valence-electron chi connectivity index (χ1n) is 8.39. The summed E-state index contributed by atoms with van der Waals surface area (Å²) in [6.07, 6.45) is -4.25. The minimum absolute atomic E-state index is 0.104. The number of piperazine rings is 1. The summed E-state index contributed by atoms with van der Waals surface area (Å²) in [5.74, 6) is -0.814. The van der Waals surface area contributed by atoms with E-state index in [2.05, 4.69) is 0 Å². The van der Waals surface area contributed by atoms with Gasteiger partial charge in [0.05, 0.1) is 23.0 Å². The van der Waals surface area contributed by atoms with E-state index in [4.69, 9.17) is 0 Å². The Kier molecular flexibility index (Phi) is 3.83. The highest BCUT2D eigenvalue weighted by atomic mass is 32.2. The van der Waals surface area contributed by atoms with Crippen LogP contribution in [-0.4, -0.2) is 60.0 Å². The number of halogens is 3. The van der Waals surface area contributed by atoms with Crippen molar-refractivity contribution in [3.63, 3.8) is 0 Å². The van der Waals surface area contributed by atoms with E-state index in [1.807, 2.05) is 0 Å². The summed E-state index contributed by atoms with van der Waals surface area (Å²) in [5.41, 5.74) is -1.13. The van der Waals surface area contributed by atoms with Crippen molar-refractivity contribution in [2.75, 3.05) is 17.2 Å². The number of rotatable bonds is 3. The molecule has 0 saturated carbocycles. The lowest BCUT2D eigenvalue weighted by molar-refractivity contribution is -0.137. The number of hydrogen-bond donors (Lipinski definition) is 0. The van der Waals surface area contributed by atoms with Gasteiger partial charge in [0, 0.05) is 12.6 Å². The summed E-state index contributed by atoms with van der Waals surface area (Å²) in [6.45, 7) is 1.60. The summed E-state index contributed by atoms with van der Waals surface area (Å²) in [7, 11) is -3.54. The average molecular weight is 403 g/mol. The van der Waals surface area contributed by atoms with E-state index in [9.17, 15) is 31.2 Å². The van der Waals surface area contributed by atoms with Crippen molar-refractivity contribution in [2.24, 2.45) is 0 Å². The maximum atomic E-state index is 13.0. The van der Waals surface area contributed by atoms with Crippen LogP contribution in [0.1, 0.15) is 18.9 Å². The molecule has 3 atom stereocenters. The van der Waals surface area contributed by atoms with Gasteiger partial charge in [0.1, 0.15) is 6.04 Å². The van der Waals surface area contributed by atoms with Gasteiger partial charge >= 0.3 is 12.2 Å². The van der Waals surface area contributed by atoms with Crippen molar-refractivity contribution < 1.29 is 31.2 Å². The molecular formula is C16H16F3N3O4S. The van der Waals surface area contributed by atoms with Crippen LogP contribution in [0.4, 0.5) is 23.7 Å². The molecule has 4 rings (SSSR count). The topological polar surface area (TPSA) is 78.0 Å². The van der Waals surface area contributed by atoms with Crippen LogP contribution in [0.5, 0.6) is 0 Å². The molecule has 11 heteroatoms. The van der Waals surface area contributed by atoms with Crippen molar-refractivity contribution >= 4 is 27.6 Å². The molecule has 0 radical (unpaired) electrons. The Balaban J connectivity index is 1.69. The van der Waals surface area contributed by atoms with Crippen molar-refractivity contribution in [1.29, 1.82) is 0 Å². The Morgan fingerprint density at radius 3 is 2.56 bits per heavy atom. The van der Waals surface area contributed by atoms with E-state index < -0.39 is 51.8 Å². The lowest BCUT2D eigenvalue weighted by atomic mass is 10.1. The third kappa shape index (κ3) is 2.55. The molecule has 0 spiro atoms. The second-order valence-electron chi connectivity index (χ2n) is 6.78. The van der Waals surface area contributed by atoms with Crippen LogP contribution in [-0.2, 0) is 21.0 Å². The summed E-state index contributed by atoms with van der Waals surface area (Å²) in [5, 5.41) is 0. The Morgan fingerprint density at radius 2 is 1.93 bits per heavy atom. The summed E-state index contributed by atoms with van der Waals surface area (Å²) in [6, 6.07) is 1.17. The highest BCUT2D eigenvalue weighted by Gasteiger charge is 2.63. The number of anilines is 1. The van der Waals surface area contributed by atoms with Crippen LogP contribution in [0.15, 0.2) is 24.3 Å². The Hall–Kier alpha value is -2.14. The van der Waals surface area contributed by atoms with E-state index in [1.54, 1.807) is 0 Å². The first-order valence-corrected chi connectivity index (χ1v) is 10.00. The smallest absolute Gasteiger partial charge is 0.306 e. The zero-order valence-corrected chi connectivity index (χ0v) is 15.0. The van der Waals surface area contributed by atoms with E-state index in [0.29, 0.717) is 6.42 Å². The molecule has 27 heavy (non-hydrogen) atoms. The summed E-state index contributed by atoms with van der Waals surface area (Å²) < 4.78 is 64.6. The van der Waals surface area contributed by atoms with E-state index in [-0.39, 0.29) is 18.0 Å². The van der Waals surface area contributed by atoms with E-state index in [0.717, 1.165) is 23.1 Å². The lowest BCUT2D eigenvalue weighted by Gasteiger charge is -2.33. The Morgan fingerprint density at radius 1 is 1.22 bits per heavy atom. The highest BCUT2D eigenvalue weighted by Crippen LogP contribution is 2.44. The van der Waals surface area contributed by atoms with Crippen molar-refractivity contribution in [3.8, 4) is 0 Å². The molecule has 146 valence electrons. The van der Waals surface area contributed by atoms with Gasteiger partial charge in [-0.3, -0.25) is 4.79 Å². The second-order valence-corrected chi connectivity index (χ2v) is 8.99. The number of benzene rings is 1. The van der Waals surface area contributed by atoms with E-state index in [1.165, 1.54) is 22.2 Å². The number of hydrogen-bond acceptors (Lipinski definition) is 4. The highest BCUT2D eigenvalue weighted by molar-refractivity contribution is 7.89. The zero-order chi connectivity index (χ0) is 19.7. The monoisotopic (exact) mass is 403 g/mol. The molecule has 3 amide bonds. The predicted octanol–water partition coefficient (Wildman–Crippen LogP) is 1.65. The molecule has 7 nitrogen and oxygen atoms in total. The first-order chi connectivity index (χ1) is 12.6. The molecule has 2 bridgehead atoms. The van der Waals surface area contributed by atoms with Crippen LogP contribution in [0.3, 0.4) is 0 Å². The number of nitrogens with zero attached hydrogens (tertiary/aromatic N) is 3. The van der Waals surface area contributed by atoms with Gasteiger partial charge in [-0.05, 0) is 31.5 Å². The van der Waals surface area contributed by atoms with Gasteiger partial charge in [-0.25, -0.2) is 18.1 Å². The lowest BCUT2D eigenvalue weighted by Crippen LogP contribution is -2.55. The fraction of sp³-hybridized carbons (Fsp3) is 0.500. The van der Waals surface area contributed by atoms with Gasteiger partial charge in [0.2, 0.25) is 10.0 Å². The predicted molar refractivity (Wildman–Crippen MR) is 88.3 cm³/mol. The van der Waals surface area contributed by atoms with Gasteiger partial charge in [-0.15, -0.1) is 0 Å². The molecular weight excluding hydrogens is 387 g/mol. The molecule has 3 saturated heterocycles. The van der Waals surface area contributed by atoms with Crippen LogP contribution < -0.4 is 4.90 Å². The molecule has 3 fully saturated rings.